The zero-order valence-corrected chi connectivity index (χ0v) is 15.8. The van der Waals surface area contributed by atoms with Crippen molar-refractivity contribution in [2.24, 2.45) is 0 Å². The Kier molecular flexibility index (Phi) is 10.0. The number of benzene rings is 1. The van der Waals surface area contributed by atoms with Gasteiger partial charge in [0, 0.05) is 8.95 Å². The van der Waals surface area contributed by atoms with Crippen molar-refractivity contribution in [3.8, 4) is 0 Å². The quantitative estimate of drug-likeness (QED) is 0.319. The summed E-state index contributed by atoms with van der Waals surface area (Å²) in [5, 5.41) is 0. The molecule has 1 rings (SSSR count). The van der Waals surface area contributed by atoms with Crippen molar-refractivity contribution in [1.82, 2.24) is 0 Å². The standard InChI is InChI=1S/C17H24Br2O2/c1-2-3-4-5-6-7-8-9-12-21-17(20)15-11-10-14(18)13-16(15)19/h10-11,13H,2-9,12H2,1H3. The van der Waals surface area contributed by atoms with E-state index in [2.05, 4.69) is 38.8 Å². The second-order valence-electron chi connectivity index (χ2n) is 5.23. The number of ether oxygens (including phenoxy) is 1. The van der Waals surface area contributed by atoms with Crippen LogP contribution < -0.4 is 0 Å². The predicted molar refractivity (Wildman–Crippen MR) is 94.7 cm³/mol. The molecule has 1 aromatic carbocycles. The van der Waals surface area contributed by atoms with Gasteiger partial charge in [-0.1, -0.05) is 67.8 Å². The monoisotopic (exact) mass is 418 g/mol. The molecule has 0 heterocycles. The number of halogens is 2. The highest BCUT2D eigenvalue weighted by Gasteiger charge is 2.11. The maximum absolute atomic E-state index is 11.9. The van der Waals surface area contributed by atoms with Crippen LogP contribution in [0.1, 0.15) is 68.6 Å². The molecule has 0 bridgehead atoms. The van der Waals surface area contributed by atoms with Crippen LogP contribution >= 0.6 is 31.9 Å². The summed E-state index contributed by atoms with van der Waals surface area (Å²) < 4.78 is 7.01. The summed E-state index contributed by atoms with van der Waals surface area (Å²) in [5.74, 6) is -0.252. The maximum atomic E-state index is 11.9. The minimum absolute atomic E-state index is 0.252. The normalized spacial score (nSPS) is 10.6. The second-order valence-corrected chi connectivity index (χ2v) is 7.00. The lowest BCUT2D eigenvalue weighted by Gasteiger charge is -2.07. The van der Waals surface area contributed by atoms with E-state index in [4.69, 9.17) is 4.74 Å². The Hall–Kier alpha value is -0.350. The number of rotatable bonds is 10. The topological polar surface area (TPSA) is 26.3 Å². The molecule has 118 valence electrons. The molecule has 2 nitrogen and oxygen atoms in total. The van der Waals surface area contributed by atoms with E-state index >= 15 is 0 Å². The van der Waals surface area contributed by atoms with Crippen molar-refractivity contribution >= 4 is 37.8 Å². The number of esters is 1. The summed E-state index contributed by atoms with van der Waals surface area (Å²) in [6.07, 6.45) is 9.95. The summed E-state index contributed by atoms with van der Waals surface area (Å²) >= 11 is 6.75. The second kappa shape index (κ2) is 11.2. The largest absolute Gasteiger partial charge is 0.462 e. The van der Waals surface area contributed by atoms with E-state index in [1.165, 1.54) is 38.5 Å². The molecule has 1 aromatic rings. The van der Waals surface area contributed by atoms with Crippen molar-refractivity contribution < 1.29 is 9.53 Å². The van der Waals surface area contributed by atoms with Crippen LogP contribution in [0.3, 0.4) is 0 Å². The van der Waals surface area contributed by atoms with Crippen LogP contribution in [0.5, 0.6) is 0 Å². The van der Waals surface area contributed by atoms with Gasteiger partial charge in [0.2, 0.25) is 0 Å². The van der Waals surface area contributed by atoms with Crippen molar-refractivity contribution in [1.29, 1.82) is 0 Å². The molecule has 4 heteroatoms. The van der Waals surface area contributed by atoms with E-state index in [1.54, 1.807) is 6.07 Å². The van der Waals surface area contributed by atoms with Gasteiger partial charge in [-0.3, -0.25) is 0 Å². The lowest BCUT2D eigenvalue weighted by molar-refractivity contribution is 0.0496. The summed E-state index contributed by atoms with van der Waals surface area (Å²) in [6.45, 7) is 2.74. The third-order valence-electron chi connectivity index (χ3n) is 3.38. The molecule has 0 atom stereocenters. The highest BCUT2D eigenvalue weighted by Crippen LogP contribution is 2.22. The Balaban J connectivity index is 2.11. The summed E-state index contributed by atoms with van der Waals surface area (Å²) in [5.41, 5.74) is 0.581. The van der Waals surface area contributed by atoms with E-state index in [0.29, 0.717) is 12.2 Å². The fourth-order valence-electron chi connectivity index (χ4n) is 2.13. The SMILES string of the molecule is CCCCCCCCCCOC(=O)c1ccc(Br)cc1Br. The molecular weight excluding hydrogens is 396 g/mol. The van der Waals surface area contributed by atoms with Crippen LogP contribution in [0.4, 0.5) is 0 Å². The van der Waals surface area contributed by atoms with E-state index in [-0.39, 0.29) is 5.97 Å². The molecular formula is C17H24Br2O2. The smallest absolute Gasteiger partial charge is 0.339 e. The number of carbonyl (C=O) groups excluding carboxylic acids is 1. The zero-order valence-electron chi connectivity index (χ0n) is 12.7. The molecule has 0 radical (unpaired) electrons. The van der Waals surface area contributed by atoms with E-state index in [0.717, 1.165) is 21.8 Å². The van der Waals surface area contributed by atoms with Gasteiger partial charge in [0.05, 0.1) is 12.2 Å². The fourth-order valence-corrected chi connectivity index (χ4v) is 3.34. The Morgan fingerprint density at radius 1 is 1.00 bits per heavy atom. The number of carbonyl (C=O) groups is 1. The molecule has 0 aliphatic carbocycles. The molecule has 0 aliphatic rings. The summed E-state index contributed by atoms with van der Waals surface area (Å²) in [7, 11) is 0. The molecule has 0 amide bonds. The van der Waals surface area contributed by atoms with Crippen LogP contribution in [-0.4, -0.2) is 12.6 Å². The Morgan fingerprint density at radius 2 is 1.62 bits per heavy atom. The third-order valence-corrected chi connectivity index (χ3v) is 4.53. The van der Waals surface area contributed by atoms with Gasteiger partial charge < -0.3 is 4.74 Å². The molecule has 0 aliphatic heterocycles. The first-order valence-electron chi connectivity index (χ1n) is 7.77. The van der Waals surface area contributed by atoms with Gasteiger partial charge in [0.25, 0.3) is 0 Å². The van der Waals surface area contributed by atoms with E-state index < -0.39 is 0 Å². The number of hydrogen-bond acceptors (Lipinski definition) is 2. The fraction of sp³-hybridized carbons (Fsp3) is 0.588. The first-order valence-corrected chi connectivity index (χ1v) is 9.36. The number of hydrogen-bond donors (Lipinski definition) is 0. The first-order chi connectivity index (χ1) is 10.1. The van der Waals surface area contributed by atoms with Gasteiger partial charge in [-0.05, 0) is 40.5 Å². The minimum Gasteiger partial charge on any atom is -0.462 e. The highest BCUT2D eigenvalue weighted by molar-refractivity contribution is 9.11. The molecule has 0 saturated carbocycles. The average Bonchev–Trinajstić information content (AvgIpc) is 2.45. The van der Waals surface area contributed by atoms with Gasteiger partial charge >= 0.3 is 5.97 Å². The van der Waals surface area contributed by atoms with Gasteiger partial charge in [-0.15, -0.1) is 0 Å². The lowest BCUT2D eigenvalue weighted by atomic mass is 10.1. The number of unbranched alkanes of at least 4 members (excludes halogenated alkanes) is 7. The minimum atomic E-state index is -0.252. The van der Waals surface area contributed by atoms with E-state index in [9.17, 15) is 4.79 Å². The molecule has 0 N–H and O–H groups in total. The van der Waals surface area contributed by atoms with E-state index in [1.807, 2.05) is 12.1 Å². The molecule has 0 aromatic heterocycles. The van der Waals surface area contributed by atoms with Crippen molar-refractivity contribution in [3.63, 3.8) is 0 Å². The zero-order chi connectivity index (χ0) is 15.5. The summed E-state index contributed by atoms with van der Waals surface area (Å²) in [6, 6.07) is 5.47. The van der Waals surface area contributed by atoms with Crippen molar-refractivity contribution in [2.75, 3.05) is 6.61 Å². The third kappa shape index (κ3) is 8.01. The van der Waals surface area contributed by atoms with Crippen LogP contribution in [0.15, 0.2) is 27.1 Å². The van der Waals surface area contributed by atoms with Gasteiger partial charge in [0.15, 0.2) is 0 Å². The van der Waals surface area contributed by atoms with Crippen LogP contribution in [0.2, 0.25) is 0 Å². The molecule has 0 fully saturated rings. The lowest BCUT2D eigenvalue weighted by Crippen LogP contribution is -2.07. The van der Waals surface area contributed by atoms with Crippen LogP contribution in [0, 0.1) is 0 Å². The van der Waals surface area contributed by atoms with Crippen molar-refractivity contribution in [2.45, 2.75) is 58.3 Å². The Labute approximate surface area is 144 Å². The predicted octanol–water partition coefficient (Wildman–Crippen LogP) is 6.51. The van der Waals surface area contributed by atoms with Gasteiger partial charge in [-0.2, -0.15) is 0 Å². The molecule has 0 saturated heterocycles. The molecule has 21 heavy (non-hydrogen) atoms. The Bertz CT molecular complexity index is 433. The average molecular weight is 420 g/mol. The van der Waals surface area contributed by atoms with Crippen LogP contribution in [-0.2, 0) is 4.74 Å². The first kappa shape index (κ1) is 18.7. The van der Waals surface area contributed by atoms with Gasteiger partial charge in [0.1, 0.15) is 0 Å². The highest BCUT2D eigenvalue weighted by atomic mass is 79.9. The Morgan fingerprint density at radius 3 is 2.24 bits per heavy atom. The van der Waals surface area contributed by atoms with Crippen molar-refractivity contribution in [3.05, 3.63) is 32.7 Å². The molecule has 0 unspecified atom stereocenters. The maximum Gasteiger partial charge on any atom is 0.339 e. The van der Waals surface area contributed by atoms with Crippen LogP contribution in [0.25, 0.3) is 0 Å². The molecule has 0 spiro atoms. The summed E-state index contributed by atoms with van der Waals surface area (Å²) in [4.78, 5) is 11.9. The van der Waals surface area contributed by atoms with Gasteiger partial charge in [-0.25, -0.2) is 4.79 Å².